The van der Waals surface area contributed by atoms with E-state index in [0.29, 0.717) is 22.3 Å². The molecular formula is C14H11FN4OS. The van der Waals surface area contributed by atoms with E-state index in [1.165, 1.54) is 12.1 Å². The van der Waals surface area contributed by atoms with E-state index in [1.807, 2.05) is 6.07 Å². The van der Waals surface area contributed by atoms with Gasteiger partial charge in [0.05, 0.1) is 16.6 Å². The van der Waals surface area contributed by atoms with E-state index >= 15 is 0 Å². The van der Waals surface area contributed by atoms with Gasteiger partial charge in [-0.15, -0.1) is 0 Å². The normalized spacial score (nSPS) is 10.7. The highest BCUT2D eigenvalue weighted by Gasteiger charge is 2.13. The Balaban J connectivity index is 1.89. The molecule has 7 heteroatoms. The van der Waals surface area contributed by atoms with Gasteiger partial charge in [-0.25, -0.2) is 4.39 Å². The first-order chi connectivity index (χ1) is 10.1. The van der Waals surface area contributed by atoms with Crippen molar-refractivity contribution in [3.63, 3.8) is 0 Å². The molecular weight excluding hydrogens is 291 g/mol. The van der Waals surface area contributed by atoms with E-state index in [-0.39, 0.29) is 11.5 Å². The number of rotatable bonds is 3. The highest BCUT2D eigenvalue weighted by molar-refractivity contribution is 7.71. The highest BCUT2D eigenvalue weighted by Crippen LogP contribution is 2.18. The minimum atomic E-state index is -0.501. The molecule has 3 rings (SSSR count). The molecule has 5 nitrogen and oxygen atoms in total. The molecule has 0 saturated carbocycles. The lowest BCUT2D eigenvalue weighted by atomic mass is 10.1. The van der Waals surface area contributed by atoms with Crippen LogP contribution < -0.4 is 5.32 Å². The fourth-order valence-corrected chi connectivity index (χ4v) is 2.28. The quantitative estimate of drug-likeness (QED) is 0.651. The van der Waals surface area contributed by atoms with Crippen molar-refractivity contribution in [2.24, 2.45) is 0 Å². The molecule has 1 amide bonds. The predicted molar refractivity (Wildman–Crippen MR) is 78.8 cm³/mol. The van der Waals surface area contributed by atoms with Crippen molar-refractivity contribution in [2.45, 2.75) is 6.54 Å². The van der Waals surface area contributed by atoms with Crippen LogP contribution in [0.2, 0.25) is 0 Å². The molecule has 2 heterocycles. The standard InChI is InChI=1S/C14H11FN4OS/c15-9-4-10(12-11(5-9)18-14(21)19-12)13(20)17-7-8-2-1-3-16-6-8/h1-6H,7H2,(H,17,20)(H2,18,19,21). The summed E-state index contributed by atoms with van der Waals surface area (Å²) in [6.07, 6.45) is 3.31. The van der Waals surface area contributed by atoms with Gasteiger partial charge in [-0.2, -0.15) is 0 Å². The van der Waals surface area contributed by atoms with E-state index in [0.717, 1.165) is 5.56 Å². The Bertz CT molecular complexity index is 856. The third-order valence-corrected chi connectivity index (χ3v) is 3.21. The van der Waals surface area contributed by atoms with Crippen LogP contribution in [0.1, 0.15) is 15.9 Å². The van der Waals surface area contributed by atoms with Crippen molar-refractivity contribution >= 4 is 29.2 Å². The Kier molecular flexibility index (Phi) is 3.49. The van der Waals surface area contributed by atoms with Crippen molar-refractivity contribution in [3.05, 3.63) is 58.4 Å². The molecule has 0 aliphatic carbocycles. The molecule has 0 spiro atoms. The van der Waals surface area contributed by atoms with E-state index in [2.05, 4.69) is 20.3 Å². The lowest BCUT2D eigenvalue weighted by Crippen LogP contribution is -2.23. The molecule has 106 valence electrons. The number of benzene rings is 1. The maximum atomic E-state index is 13.6. The number of nitrogens with zero attached hydrogens (tertiary/aromatic N) is 1. The number of halogens is 1. The summed E-state index contributed by atoms with van der Waals surface area (Å²) in [6, 6.07) is 6.10. The fourth-order valence-electron chi connectivity index (χ4n) is 2.07. The van der Waals surface area contributed by atoms with Gasteiger partial charge in [-0.05, 0) is 36.0 Å². The molecule has 0 saturated heterocycles. The number of pyridine rings is 1. The van der Waals surface area contributed by atoms with Gasteiger partial charge in [0.25, 0.3) is 5.91 Å². The average Bonchev–Trinajstić information content (AvgIpc) is 2.85. The molecule has 0 radical (unpaired) electrons. The number of carbonyl (C=O) groups excluding carboxylic acids is 1. The van der Waals surface area contributed by atoms with Crippen molar-refractivity contribution < 1.29 is 9.18 Å². The number of aromatic amines is 2. The molecule has 2 aromatic heterocycles. The monoisotopic (exact) mass is 302 g/mol. The summed E-state index contributed by atoms with van der Waals surface area (Å²) >= 11 is 4.97. The van der Waals surface area contributed by atoms with E-state index in [1.54, 1.807) is 18.5 Å². The molecule has 3 aromatic rings. The number of hydrogen-bond donors (Lipinski definition) is 3. The molecule has 0 aliphatic heterocycles. The smallest absolute Gasteiger partial charge is 0.253 e. The lowest BCUT2D eigenvalue weighted by Gasteiger charge is -2.06. The number of fused-ring (bicyclic) bond motifs is 1. The maximum Gasteiger partial charge on any atom is 0.253 e. The first-order valence-corrected chi connectivity index (χ1v) is 6.63. The summed E-state index contributed by atoms with van der Waals surface area (Å²) in [7, 11) is 0. The number of amides is 1. The van der Waals surface area contributed by atoms with Crippen LogP contribution in [-0.2, 0) is 6.54 Å². The van der Waals surface area contributed by atoms with E-state index in [9.17, 15) is 9.18 Å². The summed E-state index contributed by atoms with van der Waals surface area (Å²) in [4.78, 5) is 21.8. The van der Waals surface area contributed by atoms with Gasteiger partial charge < -0.3 is 15.3 Å². The average molecular weight is 302 g/mol. The van der Waals surface area contributed by atoms with Crippen LogP contribution in [0.15, 0.2) is 36.7 Å². The van der Waals surface area contributed by atoms with Crippen molar-refractivity contribution in [1.82, 2.24) is 20.3 Å². The van der Waals surface area contributed by atoms with Crippen LogP contribution in [0, 0.1) is 10.6 Å². The fraction of sp³-hybridized carbons (Fsp3) is 0.0714. The second kappa shape index (κ2) is 5.45. The zero-order valence-electron chi connectivity index (χ0n) is 10.8. The second-order valence-electron chi connectivity index (χ2n) is 4.50. The van der Waals surface area contributed by atoms with Gasteiger partial charge in [-0.1, -0.05) is 6.07 Å². The van der Waals surface area contributed by atoms with E-state index in [4.69, 9.17) is 12.2 Å². The third kappa shape index (κ3) is 2.82. The summed E-state index contributed by atoms with van der Waals surface area (Å²) in [5.41, 5.74) is 2.03. The van der Waals surface area contributed by atoms with Crippen LogP contribution in [0.25, 0.3) is 11.0 Å². The van der Waals surface area contributed by atoms with Gasteiger partial charge in [0, 0.05) is 18.9 Å². The van der Waals surface area contributed by atoms with Crippen LogP contribution in [0.5, 0.6) is 0 Å². The number of carbonyl (C=O) groups is 1. The van der Waals surface area contributed by atoms with E-state index < -0.39 is 5.82 Å². The molecule has 0 unspecified atom stereocenters. The maximum absolute atomic E-state index is 13.6. The van der Waals surface area contributed by atoms with Crippen molar-refractivity contribution in [3.8, 4) is 0 Å². The molecule has 0 bridgehead atoms. The third-order valence-electron chi connectivity index (χ3n) is 3.01. The van der Waals surface area contributed by atoms with Gasteiger partial charge in [0.15, 0.2) is 4.77 Å². The number of imidazole rings is 1. The molecule has 0 fully saturated rings. The number of H-pyrrole nitrogens is 2. The van der Waals surface area contributed by atoms with Gasteiger partial charge in [-0.3, -0.25) is 9.78 Å². The van der Waals surface area contributed by atoms with Gasteiger partial charge in [0.1, 0.15) is 5.82 Å². The summed E-state index contributed by atoms with van der Waals surface area (Å²) in [5, 5.41) is 2.73. The first kappa shape index (κ1) is 13.4. The predicted octanol–water partition coefficient (Wildman–Crippen LogP) is 2.69. The zero-order chi connectivity index (χ0) is 14.8. The minimum Gasteiger partial charge on any atom is -0.348 e. The van der Waals surface area contributed by atoms with Gasteiger partial charge in [0.2, 0.25) is 0 Å². The Morgan fingerprint density at radius 2 is 2.24 bits per heavy atom. The van der Waals surface area contributed by atoms with Crippen molar-refractivity contribution in [1.29, 1.82) is 0 Å². The Morgan fingerprint density at radius 3 is 3.00 bits per heavy atom. The highest BCUT2D eigenvalue weighted by atomic mass is 32.1. The largest absolute Gasteiger partial charge is 0.348 e. The van der Waals surface area contributed by atoms with Gasteiger partial charge >= 0.3 is 0 Å². The molecule has 3 N–H and O–H groups in total. The molecule has 0 aliphatic rings. The Hall–Kier alpha value is -2.54. The first-order valence-electron chi connectivity index (χ1n) is 6.22. The minimum absolute atomic E-state index is 0.209. The summed E-state index contributed by atoms with van der Waals surface area (Å²) in [6.45, 7) is 0.315. The molecule has 1 aromatic carbocycles. The van der Waals surface area contributed by atoms with Crippen LogP contribution in [0.4, 0.5) is 4.39 Å². The Morgan fingerprint density at radius 1 is 1.38 bits per heavy atom. The van der Waals surface area contributed by atoms with Crippen molar-refractivity contribution in [2.75, 3.05) is 0 Å². The second-order valence-corrected chi connectivity index (χ2v) is 4.91. The lowest BCUT2D eigenvalue weighted by molar-refractivity contribution is 0.0952. The number of nitrogens with one attached hydrogen (secondary N) is 3. The number of aromatic nitrogens is 3. The topological polar surface area (TPSA) is 73.6 Å². The Labute approximate surface area is 124 Å². The molecule has 0 atom stereocenters. The summed E-state index contributed by atoms with van der Waals surface area (Å²) in [5.74, 6) is -0.882. The zero-order valence-corrected chi connectivity index (χ0v) is 11.6. The molecule has 21 heavy (non-hydrogen) atoms. The number of hydrogen-bond acceptors (Lipinski definition) is 3. The summed E-state index contributed by atoms with van der Waals surface area (Å²) < 4.78 is 13.9. The SMILES string of the molecule is O=C(NCc1cccnc1)c1cc(F)cc2[nH]c(=S)[nH]c12. The van der Waals surface area contributed by atoms with Crippen LogP contribution in [-0.4, -0.2) is 20.9 Å². The van der Waals surface area contributed by atoms with Crippen LogP contribution in [0.3, 0.4) is 0 Å². The van der Waals surface area contributed by atoms with Crippen LogP contribution >= 0.6 is 12.2 Å².